The van der Waals surface area contributed by atoms with E-state index in [1.165, 1.54) is 11.8 Å². The third-order valence-electron chi connectivity index (χ3n) is 0.762. The van der Waals surface area contributed by atoms with E-state index >= 15 is 0 Å². The second kappa shape index (κ2) is 6.88. The quantitative estimate of drug-likeness (QED) is 0.525. The number of alkyl halides is 1. The largest absolute Gasteiger partial charge is 0.479 e. The second-order valence-electron chi connectivity index (χ2n) is 1.64. The molecule has 2 nitrogen and oxygen atoms in total. The van der Waals surface area contributed by atoms with Gasteiger partial charge in [0, 0.05) is 0 Å². The number of rotatable bonds is 4. The maximum absolute atomic E-state index is 10.7. The average Bonchev–Trinajstić information content (AvgIpc) is 2.01. The number of hydrogen-bond donors (Lipinski definition) is 0. The molecular weight excluding hydrogens is 204 g/mol. The summed E-state index contributed by atoms with van der Waals surface area (Å²) in [5, 5.41) is 0. The summed E-state index contributed by atoms with van der Waals surface area (Å²) in [4.78, 5) is 10.7. The van der Waals surface area contributed by atoms with Crippen LogP contribution in [0.2, 0.25) is 0 Å². The highest BCUT2D eigenvalue weighted by Crippen LogP contribution is 2.05. The zero-order chi connectivity index (χ0) is 8.69. The topological polar surface area (TPSA) is 26.3 Å². The minimum absolute atomic E-state index is 0.0290. The van der Waals surface area contributed by atoms with Gasteiger partial charge in [-0.1, -0.05) is 11.8 Å². The van der Waals surface area contributed by atoms with Crippen LogP contribution in [0.25, 0.3) is 0 Å². The summed E-state index contributed by atoms with van der Waals surface area (Å²) in [5.74, 6) is 0.322. The van der Waals surface area contributed by atoms with Crippen LogP contribution in [0.4, 0.5) is 0 Å². The van der Waals surface area contributed by atoms with Crippen LogP contribution in [-0.4, -0.2) is 28.4 Å². The lowest BCUT2D eigenvalue weighted by molar-refractivity contribution is -0.114. The van der Waals surface area contributed by atoms with Crippen LogP contribution in [0.5, 0.6) is 0 Å². The van der Waals surface area contributed by atoms with Crippen molar-refractivity contribution in [1.29, 1.82) is 0 Å². The number of thiocarbonyl (C=S) groups is 1. The van der Waals surface area contributed by atoms with Gasteiger partial charge in [-0.25, -0.2) is 0 Å². The van der Waals surface area contributed by atoms with E-state index in [0.717, 1.165) is 0 Å². The summed E-state index contributed by atoms with van der Waals surface area (Å²) in [6.07, 6.45) is 0. The van der Waals surface area contributed by atoms with Crippen LogP contribution in [0, 0.1) is 0 Å². The summed E-state index contributed by atoms with van der Waals surface area (Å²) in [6, 6.07) is 0. The zero-order valence-corrected chi connectivity index (χ0v) is 8.52. The lowest BCUT2D eigenvalue weighted by Gasteiger charge is -2.01. The van der Waals surface area contributed by atoms with E-state index in [1.807, 2.05) is 6.92 Å². The van der Waals surface area contributed by atoms with Gasteiger partial charge in [-0.05, 0) is 19.1 Å². The summed E-state index contributed by atoms with van der Waals surface area (Å²) in [7, 11) is 0. The van der Waals surface area contributed by atoms with E-state index in [4.69, 9.17) is 28.6 Å². The Morgan fingerprint density at radius 3 is 2.82 bits per heavy atom. The van der Waals surface area contributed by atoms with Gasteiger partial charge in [0.15, 0.2) is 5.78 Å². The zero-order valence-electron chi connectivity index (χ0n) is 6.13. The molecule has 0 aromatic heterocycles. The molecule has 0 aliphatic rings. The fourth-order valence-electron chi connectivity index (χ4n) is 0.338. The minimum Gasteiger partial charge on any atom is -0.479 e. The van der Waals surface area contributed by atoms with E-state index in [0.29, 0.717) is 16.7 Å². The van der Waals surface area contributed by atoms with Crippen LogP contribution in [0.15, 0.2) is 0 Å². The third kappa shape index (κ3) is 6.59. The van der Waals surface area contributed by atoms with Crippen molar-refractivity contribution in [3.63, 3.8) is 0 Å². The molecule has 0 aromatic carbocycles. The van der Waals surface area contributed by atoms with Crippen molar-refractivity contribution in [2.24, 2.45) is 0 Å². The standard InChI is InChI=1S/C6H9ClO2S2/c1-2-9-6(10)11-4-5(8)3-7/h2-4H2,1H3. The maximum Gasteiger partial charge on any atom is 0.220 e. The lowest BCUT2D eigenvalue weighted by atomic mass is 10.5. The van der Waals surface area contributed by atoms with E-state index in [2.05, 4.69) is 0 Å². The molecule has 0 spiro atoms. The summed E-state index contributed by atoms with van der Waals surface area (Å²) >= 11 is 11.2. The first-order valence-electron chi connectivity index (χ1n) is 3.08. The first-order valence-corrected chi connectivity index (χ1v) is 5.00. The molecule has 11 heavy (non-hydrogen) atoms. The third-order valence-corrected chi connectivity index (χ3v) is 2.35. The van der Waals surface area contributed by atoms with Crippen molar-refractivity contribution in [2.45, 2.75) is 6.92 Å². The van der Waals surface area contributed by atoms with Gasteiger partial charge < -0.3 is 4.74 Å². The summed E-state index contributed by atoms with van der Waals surface area (Å²) in [5.41, 5.74) is 0. The monoisotopic (exact) mass is 212 g/mol. The molecule has 0 N–H and O–H groups in total. The predicted octanol–water partition coefficient (Wildman–Crippen LogP) is 1.85. The molecule has 0 unspecified atom stereocenters. The van der Waals surface area contributed by atoms with Crippen molar-refractivity contribution in [2.75, 3.05) is 18.2 Å². The Labute approximate surface area is 80.6 Å². The SMILES string of the molecule is CCOC(=S)SCC(=O)CCl. The first-order chi connectivity index (χ1) is 5.20. The molecule has 5 heteroatoms. The number of hydrogen-bond acceptors (Lipinski definition) is 4. The van der Waals surface area contributed by atoms with Crippen LogP contribution in [0.3, 0.4) is 0 Å². The van der Waals surface area contributed by atoms with Crippen LogP contribution >= 0.6 is 35.6 Å². The highest BCUT2D eigenvalue weighted by atomic mass is 35.5. The molecule has 0 atom stereocenters. The smallest absolute Gasteiger partial charge is 0.220 e. The summed E-state index contributed by atoms with van der Waals surface area (Å²) < 4.78 is 5.34. The molecule has 0 fully saturated rings. The molecule has 0 saturated heterocycles. The van der Waals surface area contributed by atoms with Crippen molar-refractivity contribution in [3.8, 4) is 0 Å². The highest BCUT2D eigenvalue weighted by molar-refractivity contribution is 8.23. The molecule has 64 valence electrons. The minimum atomic E-state index is -0.0290. The average molecular weight is 213 g/mol. The van der Waals surface area contributed by atoms with E-state index < -0.39 is 0 Å². The Balaban J connectivity index is 3.38. The fourth-order valence-corrected chi connectivity index (χ4v) is 1.42. The number of carbonyl (C=O) groups is 1. The molecule has 0 saturated carbocycles. The van der Waals surface area contributed by atoms with Gasteiger partial charge >= 0.3 is 0 Å². The van der Waals surface area contributed by atoms with Gasteiger partial charge in [0.25, 0.3) is 0 Å². The highest BCUT2D eigenvalue weighted by Gasteiger charge is 2.02. The fraction of sp³-hybridized carbons (Fsp3) is 0.667. The maximum atomic E-state index is 10.7. The molecule has 0 heterocycles. The number of Topliss-reactive ketones (excluding diaryl/α,β-unsaturated/α-hetero) is 1. The molecule has 0 bridgehead atoms. The second-order valence-corrected chi connectivity index (χ2v) is 3.49. The van der Waals surface area contributed by atoms with Crippen molar-refractivity contribution >= 4 is 45.7 Å². The van der Waals surface area contributed by atoms with Crippen molar-refractivity contribution in [3.05, 3.63) is 0 Å². The Bertz CT molecular complexity index is 150. The van der Waals surface area contributed by atoms with Crippen LogP contribution < -0.4 is 0 Å². The lowest BCUT2D eigenvalue weighted by Crippen LogP contribution is -2.06. The number of carbonyl (C=O) groups excluding carboxylic acids is 1. The molecule has 0 radical (unpaired) electrons. The Kier molecular flexibility index (Phi) is 7.01. The van der Waals surface area contributed by atoms with Crippen LogP contribution in [0.1, 0.15) is 6.92 Å². The molecular formula is C6H9ClO2S2. The van der Waals surface area contributed by atoms with E-state index in [1.54, 1.807) is 0 Å². The van der Waals surface area contributed by atoms with E-state index in [-0.39, 0.29) is 11.7 Å². The Hall–Kier alpha value is 0.200. The molecule has 0 amide bonds. The number of thioether (sulfide) groups is 1. The van der Waals surface area contributed by atoms with Crippen molar-refractivity contribution < 1.29 is 9.53 Å². The van der Waals surface area contributed by atoms with Gasteiger partial charge in [0.2, 0.25) is 4.38 Å². The van der Waals surface area contributed by atoms with Crippen molar-refractivity contribution in [1.82, 2.24) is 0 Å². The molecule has 0 aliphatic carbocycles. The van der Waals surface area contributed by atoms with Crippen LogP contribution in [-0.2, 0) is 9.53 Å². The van der Waals surface area contributed by atoms with Gasteiger partial charge in [0.05, 0.1) is 18.2 Å². The molecule has 0 aromatic rings. The predicted molar refractivity (Wildman–Crippen MR) is 52.4 cm³/mol. The van der Waals surface area contributed by atoms with Gasteiger partial charge in [0.1, 0.15) is 0 Å². The van der Waals surface area contributed by atoms with E-state index in [9.17, 15) is 4.79 Å². The summed E-state index contributed by atoms with van der Waals surface area (Å²) in [6.45, 7) is 2.39. The normalized spacial score (nSPS) is 9.27. The molecule has 0 aliphatic heterocycles. The van der Waals surface area contributed by atoms with Gasteiger partial charge in [-0.3, -0.25) is 4.79 Å². The Morgan fingerprint density at radius 1 is 1.73 bits per heavy atom. The van der Waals surface area contributed by atoms with Gasteiger partial charge in [-0.15, -0.1) is 11.6 Å². The first kappa shape index (κ1) is 11.2. The van der Waals surface area contributed by atoms with Gasteiger partial charge in [-0.2, -0.15) is 0 Å². The number of ketones is 1. The molecule has 0 rings (SSSR count). The number of halogens is 1. The number of ether oxygens (including phenoxy) is 1. The Morgan fingerprint density at radius 2 is 2.36 bits per heavy atom.